The number of rotatable bonds is 7. The van der Waals surface area contributed by atoms with Gasteiger partial charge in [-0.05, 0) is 36.6 Å². The van der Waals surface area contributed by atoms with Crippen LogP contribution in [0.15, 0.2) is 24.3 Å². The second kappa shape index (κ2) is 8.32. The fourth-order valence-electron chi connectivity index (χ4n) is 3.25. The zero-order valence-electron chi connectivity index (χ0n) is 12.7. The van der Waals surface area contributed by atoms with Gasteiger partial charge in [-0.25, -0.2) is 0 Å². The van der Waals surface area contributed by atoms with E-state index in [1.165, 1.54) is 32.1 Å². The van der Waals surface area contributed by atoms with Crippen molar-refractivity contribution in [1.29, 1.82) is 0 Å². The molecule has 0 spiro atoms. The van der Waals surface area contributed by atoms with Crippen molar-refractivity contribution >= 4 is 0 Å². The highest BCUT2D eigenvalue weighted by atomic mass is 19.3. The van der Waals surface area contributed by atoms with Crippen LogP contribution in [-0.2, 0) is 0 Å². The summed E-state index contributed by atoms with van der Waals surface area (Å²) in [7, 11) is 0. The minimum atomic E-state index is -2.77. The van der Waals surface area contributed by atoms with Crippen LogP contribution in [-0.4, -0.2) is 13.2 Å². The number of hydrogen-bond donors (Lipinski definition) is 1. The number of alkyl halides is 2. The molecule has 0 saturated heterocycles. The van der Waals surface area contributed by atoms with Crippen LogP contribution in [0, 0.1) is 5.92 Å². The van der Waals surface area contributed by atoms with E-state index in [9.17, 15) is 8.78 Å². The fourth-order valence-corrected chi connectivity index (χ4v) is 3.25. The quantitative estimate of drug-likeness (QED) is 0.772. The molecular weight excluding hydrogens is 272 g/mol. The smallest absolute Gasteiger partial charge is 0.387 e. The molecule has 0 heterocycles. The SMILES string of the molecule is CCNC(CC1CCCCC1)c1cccc(OC(F)F)c1. The Hall–Kier alpha value is -1.16. The summed E-state index contributed by atoms with van der Waals surface area (Å²) in [4.78, 5) is 0. The summed E-state index contributed by atoms with van der Waals surface area (Å²) in [5.41, 5.74) is 1.04. The summed E-state index contributed by atoms with van der Waals surface area (Å²) in [6.45, 7) is 0.182. The topological polar surface area (TPSA) is 21.3 Å². The van der Waals surface area contributed by atoms with Crippen LogP contribution in [0.4, 0.5) is 8.78 Å². The largest absolute Gasteiger partial charge is 0.435 e. The minimum absolute atomic E-state index is 0.222. The number of hydrogen-bond acceptors (Lipinski definition) is 2. The number of benzene rings is 1. The van der Waals surface area contributed by atoms with Gasteiger partial charge in [0.25, 0.3) is 0 Å². The van der Waals surface area contributed by atoms with E-state index in [4.69, 9.17) is 0 Å². The number of halogens is 2. The molecule has 2 nitrogen and oxygen atoms in total. The molecule has 0 aromatic heterocycles. The Labute approximate surface area is 125 Å². The molecule has 0 aliphatic heterocycles. The van der Waals surface area contributed by atoms with Gasteiger partial charge >= 0.3 is 6.61 Å². The van der Waals surface area contributed by atoms with Crippen LogP contribution in [0.1, 0.15) is 57.1 Å². The third kappa shape index (κ3) is 5.27. The van der Waals surface area contributed by atoms with Crippen molar-refractivity contribution in [2.75, 3.05) is 6.54 Å². The van der Waals surface area contributed by atoms with E-state index in [0.29, 0.717) is 0 Å². The molecule has 0 amide bonds. The van der Waals surface area contributed by atoms with Crippen LogP contribution in [0.5, 0.6) is 5.75 Å². The summed E-state index contributed by atoms with van der Waals surface area (Å²) >= 11 is 0. The van der Waals surface area contributed by atoms with E-state index in [0.717, 1.165) is 24.4 Å². The van der Waals surface area contributed by atoms with Gasteiger partial charge < -0.3 is 10.1 Å². The second-order valence-electron chi connectivity index (χ2n) is 5.80. The molecule has 1 aromatic carbocycles. The Balaban J connectivity index is 2.05. The van der Waals surface area contributed by atoms with Gasteiger partial charge in [0.05, 0.1) is 0 Å². The van der Waals surface area contributed by atoms with Gasteiger partial charge in [0.1, 0.15) is 5.75 Å². The summed E-state index contributed by atoms with van der Waals surface area (Å²) in [5, 5.41) is 3.48. The summed E-state index contributed by atoms with van der Waals surface area (Å²) in [5.74, 6) is 0.983. The highest BCUT2D eigenvalue weighted by molar-refractivity contribution is 5.30. The molecule has 1 aliphatic carbocycles. The van der Waals surface area contributed by atoms with Crippen LogP contribution >= 0.6 is 0 Å². The van der Waals surface area contributed by atoms with Gasteiger partial charge in [0.2, 0.25) is 0 Å². The third-order valence-electron chi connectivity index (χ3n) is 4.23. The van der Waals surface area contributed by atoms with Crippen LogP contribution in [0.2, 0.25) is 0 Å². The van der Waals surface area contributed by atoms with Gasteiger partial charge in [0.15, 0.2) is 0 Å². The Morgan fingerprint density at radius 3 is 2.67 bits per heavy atom. The molecule has 4 heteroatoms. The first kappa shape index (κ1) is 16.2. The van der Waals surface area contributed by atoms with Crippen molar-refractivity contribution in [3.63, 3.8) is 0 Å². The average Bonchev–Trinajstić information content (AvgIpc) is 2.47. The van der Waals surface area contributed by atoms with E-state index in [1.807, 2.05) is 6.07 Å². The minimum Gasteiger partial charge on any atom is -0.435 e. The van der Waals surface area contributed by atoms with E-state index >= 15 is 0 Å². The van der Waals surface area contributed by atoms with E-state index < -0.39 is 6.61 Å². The van der Waals surface area contributed by atoms with Gasteiger partial charge in [-0.2, -0.15) is 8.78 Å². The Morgan fingerprint density at radius 1 is 1.24 bits per heavy atom. The summed E-state index contributed by atoms with van der Waals surface area (Å²) < 4.78 is 29.2. The fraction of sp³-hybridized carbons (Fsp3) is 0.647. The lowest BCUT2D eigenvalue weighted by atomic mass is 9.83. The monoisotopic (exact) mass is 297 g/mol. The zero-order valence-corrected chi connectivity index (χ0v) is 12.7. The highest BCUT2D eigenvalue weighted by Gasteiger charge is 2.20. The first-order valence-corrected chi connectivity index (χ1v) is 7.97. The van der Waals surface area contributed by atoms with Gasteiger partial charge in [-0.3, -0.25) is 0 Å². The third-order valence-corrected chi connectivity index (χ3v) is 4.23. The molecule has 21 heavy (non-hydrogen) atoms. The van der Waals surface area contributed by atoms with Gasteiger partial charge in [-0.1, -0.05) is 51.2 Å². The van der Waals surface area contributed by atoms with E-state index in [2.05, 4.69) is 17.0 Å². The molecular formula is C17H25F2NO. The molecule has 1 aromatic rings. The standard InChI is InChI=1S/C17H25F2NO/c1-2-20-16(11-13-7-4-3-5-8-13)14-9-6-10-15(12-14)21-17(18)19/h6,9-10,12-13,16-17,20H,2-5,7-8,11H2,1H3. The average molecular weight is 297 g/mol. The maximum Gasteiger partial charge on any atom is 0.387 e. The Kier molecular flexibility index (Phi) is 6.43. The molecule has 1 aliphatic rings. The lowest BCUT2D eigenvalue weighted by Gasteiger charge is -2.27. The van der Waals surface area contributed by atoms with Crippen LogP contribution in [0.3, 0.4) is 0 Å². The Morgan fingerprint density at radius 2 is 2.00 bits per heavy atom. The van der Waals surface area contributed by atoms with Gasteiger partial charge in [-0.15, -0.1) is 0 Å². The van der Waals surface area contributed by atoms with Crippen molar-refractivity contribution in [3.05, 3.63) is 29.8 Å². The van der Waals surface area contributed by atoms with Crippen molar-refractivity contribution in [1.82, 2.24) is 5.32 Å². The summed E-state index contributed by atoms with van der Waals surface area (Å²) in [6, 6.07) is 7.33. The molecule has 1 N–H and O–H groups in total. The molecule has 2 rings (SSSR count). The zero-order chi connectivity index (χ0) is 15.1. The molecule has 0 radical (unpaired) electrons. The van der Waals surface area contributed by atoms with Gasteiger partial charge in [0, 0.05) is 6.04 Å². The second-order valence-corrected chi connectivity index (χ2v) is 5.80. The number of ether oxygens (including phenoxy) is 1. The van der Waals surface area contributed by atoms with Crippen LogP contribution in [0.25, 0.3) is 0 Å². The first-order valence-electron chi connectivity index (χ1n) is 7.97. The maximum absolute atomic E-state index is 12.3. The lowest BCUT2D eigenvalue weighted by molar-refractivity contribution is -0.0499. The lowest BCUT2D eigenvalue weighted by Crippen LogP contribution is -2.24. The van der Waals surface area contributed by atoms with Crippen molar-refractivity contribution in [3.8, 4) is 5.75 Å². The number of nitrogens with one attached hydrogen (secondary N) is 1. The Bertz CT molecular complexity index is 419. The van der Waals surface area contributed by atoms with Crippen molar-refractivity contribution < 1.29 is 13.5 Å². The maximum atomic E-state index is 12.3. The van der Waals surface area contributed by atoms with E-state index in [1.54, 1.807) is 18.2 Å². The summed E-state index contributed by atoms with van der Waals surface area (Å²) in [6.07, 6.45) is 7.63. The first-order chi connectivity index (χ1) is 10.2. The van der Waals surface area contributed by atoms with Crippen molar-refractivity contribution in [2.24, 2.45) is 5.92 Å². The molecule has 1 saturated carbocycles. The molecule has 1 unspecified atom stereocenters. The predicted molar refractivity (Wildman–Crippen MR) is 80.7 cm³/mol. The van der Waals surface area contributed by atoms with E-state index in [-0.39, 0.29) is 11.8 Å². The molecule has 1 atom stereocenters. The van der Waals surface area contributed by atoms with Crippen molar-refractivity contribution in [2.45, 2.75) is 58.1 Å². The normalized spacial score (nSPS) is 17.9. The molecule has 0 bridgehead atoms. The van der Waals surface area contributed by atoms with Crippen LogP contribution < -0.4 is 10.1 Å². The highest BCUT2D eigenvalue weighted by Crippen LogP contribution is 2.32. The predicted octanol–water partition coefficient (Wildman–Crippen LogP) is 4.91. The molecule has 118 valence electrons. The molecule has 1 fully saturated rings.